The normalized spacial score (nSPS) is 18.5. The number of fused-ring (bicyclic) bond motifs is 1. The average molecular weight is 263 g/mol. The highest BCUT2D eigenvalue weighted by molar-refractivity contribution is 5.98. The van der Waals surface area contributed by atoms with Gasteiger partial charge in [0, 0.05) is 30.5 Å². The fourth-order valence-electron chi connectivity index (χ4n) is 3.00. The van der Waals surface area contributed by atoms with E-state index in [2.05, 4.69) is 32.3 Å². The van der Waals surface area contributed by atoms with Gasteiger partial charge in [-0.3, -0.25) is 4.79 Å². The van der Waals surface area contributed by atoms with Crippen LogP contribution in [0.15, 0.2) is 12.3 Å². The van der Waals surface area contributed by atoms with E-state index in [1.807, 2.05) is 19.2 Å². The van der Waals surface area contributed by atoms with Gasteiger partial charge in [0.25, 0.3) is 0 Å². The summed E-state index contributed by atoms with van der Waals surface area (Å²) < 4.78 is 7.96. The first kappa shape index (κ1) is 14.3. The van der Waals surface area contributed by atoms with Crippen LogP contribution >= 0.6 is 0 Å². The van der Waals surface area contributed by atoms with E-state index < -0.39 is 0 Å². The van der Waals surface area contributed by atoms with Crippen LogP contribution in [0.4, 0.5) is 0 Å². The largest absolute Gasteiger partial charge is 0.374 e. The van der Waals surface area contributed by atoms with Crippen LogP contribution < -0.4 is 0 Å². The van der Waals surface area contributed by atoms with Crippen LogP contribution in [0.2, 0.25) is 0 Å². The van der Waals surface area contributed by atoms with Crippen LogP contribution in [0.25, 0.3) is 0 Å². The minimum Gasteiger partial charge on any atom is -0.374 e. The van der Waals surface area contributed by atoms with Crippen molar-refractivity contribution in [3.63, 3.8) is 0 Å². The second-order valence-electron chi connectivity index (χ2n) is 6.94. The summed E-state index contributed by atoms with van der Waals surface area (Å²) in [5.41, 5.74) is 1.95. The minimum atomic E-state index is -0.202. The van der Waals surface area contributed by atoms with Crippen molar-refractivity contribution in [2.24, 2.45) is 5.41 Å². The lowest BCUT2D eigenvalue weighted by Gasteiger charge is -2.32. The lowest BCUT2D eigenvalue weighted by atomic mass is 9.76. The molecule has 0 spiro atoms. The number of rotatable bonds is 4. The highest BCUT2D eigenvalue weighted by atomic mass is 16.5. The van der Waals surface area contributed by atoms with Gasteiger partial charge in [-0.15, -0.1) is 0 Å². The summed E-state index contributed by atoms with van der Waals surface area (Å²) in [7, 11) is 0. The molecule has 1 aliphatic carbocycles. The Bertz CT molecular complexity index is 483. The van der Waals surface area contributed by atoms with Gasteiger partial charge in [-0.25, -0.2) is 0 Å². The number of ether oxygens (including phenoxy) is 1. The molecule has 0 N–H and O–H groups in total. The third-order valence-corrected chi connectivity index (χ3v) is 3.75. The third kappa shape index (κ3) is 3.08. The summed E-state index contributed by atoms with van der Waals surface area (Å²) in [6, 6.07) is 1.97. The van der Waals surface area contributed by atoms with Crippen molar-refractivity contribution < 1.29 is 9.53 Å². The van der Waals surface area contributed by atoms with Crippen molar-refractivity contribution in [3.8, 4) is 0 Å². The Labute approximate surface area is 115 Å². The van der Waals surface area contributed by atoms with Crippen LogP contribution in [-0.2, 0) is 17.7 Å². The molecule has 1 aromatic heterocycles. The molecular weight excluding hydrogens is 238 g/mol. The lowest BCUT2D eigenvalue weighted by Crippen LogP contribution is -2.33. The summed E-state index contributed by atoms with van der Waals surface area (Å²) in [5.74, 6) is 0.277. The number of ketones is 1. The zero-order chi connectivity index (χ0) is 14.3. The van der Waals surface area contributed by atoms with Crippen LogP contribution in [0, 0.1) is 5.41 Å². The van der Waals surface area contributed by atoms with Crippen LogP contribution in [0.1, 0.15) is 57.1 Å². The molecule has 1 aliphatic rings. The smallest absolute Gasteiger partial charge is 0.165 e. The molecule has 0 saturated carbocycles. The third-order valence-electron chi connectivity index (χ3n) is 3.75. The van der Waals surface area contributed by atoms with Gasteiger partial charge in [0.2, 0.25) is 0 Å². The fourth-order valence-corrected chi connectivity index (χ4v) is 3.00. The predicted octanol–water partition coefficient (Wildman–Crippen LogP) is 3.46. The number of Topliss-reactive ketones (excluding diaryl/α,β-unsaturated/α-hetero) is 1. The highest BCUT2D eigenvalue weighted by Gasteiger charge is 2.33. The Balaban J connectivity index is 2.28. The van der Waals surface area contributed by atoms with E-state index in [-0.39, 0.29) is 16.8 Å². The fraction of sp³-hybridized carbons (Fsp3) is 0.688. The molecule has 0 saturated heterocycles. The van der Waals surface area contributed by atoms with Crippen molar-refractivity contribution in [1.82, 2.24) is 4.57 Å². The number of nitrogens with zero attached hydrogens (tertiary/aromatic N) is 1. The number of hydrogen-bond donors (Lipinski definition) is 0. The van der Waals surface area contributed by atoms with Crippen molar-refractivity contribution >= 4 is 5.78 Å². The standard InChI is InChI=1S/C16H25NO2/c1-6-19-16(4,5)11-17-8-7-12-13(17)9-15(2,3)10-14(12)18/h7-8H,6,9-11H2,1-5H3. The molecule has 0 aliphatic heterocycles. The zero-order valence-corrected chi connectivity index (χ0v) is 12.7. The molecule has 19 heavy (non-hydrogen) atoms. The molecule has 2 rings (SSSR count). The first-order chi connectivity index (χ1) is 8.74. The highest BCUT2D eigenvalue weighted by Crippen LogP contribution is 2.35. The summed E-state index contributed by atoms with van der Waals surface area (Å²) in [4.78, 5) is 12.2. The van der Waals surface area contributed by atoms with Gasteiger partial charge in [-0.1, -0.05) is 13.8 Å². The number of aromatic nitrogens is 1. The van der Waals surface area contributed by atoms with E-state index >= 15 is 0 Å². The van der Waals surface area contributed by atoms with Crippen molar-refractivity contribution in [1.29, 1.82) is 0 Å². The average Bonchev–Trinajstić information content (AvgIpc) is 2.59. The van der Waals surface area contributed by atoms with E-state index in [0.29, 0.717) is 13.0 Å². The molecule has 0 fully saturated rings. The summed E-state index contributed by atoms with van der Waals surface area (Å²) in [6.07, 6.45) is 3.65. The summed E-state index contributed by atoms with van der Waals surface area (Å²) >= 11 is 0. The quantitative estimate of drug-likeness (QED) is 0.833. The molecular formula is C16H25NO2. The topological polar surface area (TPSA) is 31.2 Å². The Morgan fingerprint density at radius 2 is 2.05 bits per heavy atom. The molecule has 0 atom stereocenters. The predicted molar refractivity (Wildman–Crippen MR) is 76.6 cm³/mol. The molecule has 0 bridgehead atoms. The van der Waals surface area contributed by atoms with Gasteiger partial charge in [0.05, 0.1) is 12.1 Å². The van der Waals surface area contributed by atoms with Gasteiger partial charge in [-0.2, -0.15) is 0 Å². The van der Waals surface area contributed by atoms with E-state index in [0.717, 1.165) is 18.5 Å². The Kier molecular flexibility index (Phi) is 3.61. The Hall–Kier alpha value is -1.09. The maximum atomic E-state index is 12.2. The van der Waals surface area contributed by atoms with Gasteiger partial charge < -0.3 is 9.30 Å². The van der Waals surface area contributed by atoms with Crippen LogP contribution in [0.3, 0.4) is 0 Å². The van der Waals surface area contributed by atoms with E-state index in [1.165, 1.54) is 5.69 Å². The van der Waals surface area contributed by atoms with E-state index in [1.54, 1.807) is 0 Å². The maximum absolute atomic E-state index is 12.2. The molecule has 1 aromatic rings. The van der Waals surface area contributed by atoms with Crippen LogP contribution in [-0.4, -0.2) is 22.6 Å². The second-order valence-corrected chi connectivity index (χ2v) is 6.94. The first-order valence-electron chi connectivity index (χ1n) is 7.09. The van der Waals surface area contributed by atoms with Gasteiger partial charge in [0.1, 0.15) is 0 Å². The lowest BCUT2D eigenvalue weighted by molar-refractivity contribution is -0.0230. The SMILES string of the molecule is CCOC(C)(C)Cn1ccc2c1CC(C)(C)CC2=O. The van der Waals surface area contributed by atoms with E-state index in [9.17, 15) is 4.79 Å². The summed E-state index contributed by atoms with van der Waals surface area (Å²) in [5, 5.41) is 0. The van der Waals surface area contributed by atoms with Crippen molar-refractivity contribution in [2.75, 3.05) is 6.61 Å². The van der Waals surface area contributed by atoms with Crippen LogP contribution in [0.5, 0.6) is 0 Å². The maximum Gasteiger partial charge on any atom is 0.165 e. The monoisotopic (exact) mass is 263 g/mol. The molecule has 1 heterocycles. The number of hydrogen-bond acceptors (Lipinski definition) is 2. The molecule has 3 nitrogen and oxygen atoms in total. The van der Waals surface area contributed by atoms with Crippen molar-refractivity contribution in [3.05, 3.63) is 23.5 Å². The molecule has 0 radical (unpaired) electrons. The van der Waals surface area contributed by atoms with Gasteiger partial charge >= 0.3 is 0 Å². The second kappa shape index (κ2) is 4.78. The Morgan fingerprint density at radius 1 is 1.37 bits per heavy atom. The number of carbonyl (C=O) groups excluding carboxylic acids is 1. The van der Waals surface area contributed by atoms with Crippen molar-refractivity contribution in [2.45, 2.75) is 59.6 Å². The van der Waals surface area contributed by atoms with Gasteiger partial charge in [0.15, 0.2) is 5.78 Å². The summed E-state index contributed by atoms with van der Waals surface area (Å²) in [6.45, 7) is 12.0. The molecule has 3 heteroatoms. The molecule has 0 aromatic carbocycles. The number of carbonyl (C=O) groups is 1. The van der Waals surface area contributed by atoms with E-state index in [4.69, 9.17) is 4.74 Å². The van der Waals surface area contributed by atoms with Gasteiger partial charge in [-0.05, 0) is 38.7 Å². The molecule has 0 amide bonds. The first-order valence-corrected chi connectivity index (χ1v) is 7.09. The minimum absolute atomic E-state index is 0.0654. The molecule has 106 valence electrons. The Morgan fingerprint density at radius 3 is 2.68 bits per heavy atom. The zero-order valence-electron chi connectivity index (χ0n) is 12.7. The molecule has 0 unspecified atom stereocenters.